The maximum atomic E-state index is 11.6. The van der Waals surface area contributed by atoms with Gasteiger partial charge in [0.05, 0.1) is 13.0 Å². The van der Waals surface area contributed by atoms with Gasteiger partial charge in [-0.2, -0.15) is 0 Å². The molecule has 16 heavy (non-hydrogen) atoms. The molecule has 1 aliphatic rings. The number of carbonyl (C=O) groups excluding carboxylic acids is 1. The number of rotatable bonds is 2. The standard InChI is InChI=1S/C14H18O2/c1-10-8-12(9-13(10)14(15)16-2)11-6-4-3-5-7-11/h3-7,10,12-13H,8-9H2,1-2H3. The number of benzene rings is 1. The molecule has 0 saturated heterocycles. The monoisotopic (exact) mass is 218 g/mol. The summed E-state index contributed by atoms with van der Waals surface area (Å²) in [5.74, 6) is 0.971. The van der Waals surface area contributed by atoms with Crippen LogP contribution < -0.4 is 0 Å². The molecule has 2 heteroatoms. The molecule has 0 heterocycles. The normalized spacial score (nSPS) is 29.0. The zero-order valence-corrected chi connectivity index (χ0v) is 9.85. The van der Waals surface area contributed by atoms with Crippen LogP contribution in [0.2, 0.25) is 0 Å². The third-order valence-corrected chi connectivity index (χ3v) is 3.66. The maximum Gasteiger partial charge on any atom is 0.308 e. The van der Waals surface area contributed by atoms with E-state index >= 15 is 0 Å². The van der Waals surface area contributed by atoms with Crippen LogP contribution in [0.25, 0.3) is 0 Å². The van der Waals surface area contributed by atoms with E-state index in [1.165, 1.54) is 12.7 Å². The van der Waals surface area contributed by atoms with Gasteiger partial charge in [0.15, 0.2) is 0 Å². The summed E-state index contributed by atoms with van der Waals surface area (Å²) in [6.07, 6.45) is 2.02. The Hall–Kier alpha value is -1.31. The van der Waals surface area contributed by atoms with Gasteiger partial charge in [-0.15, -0.1) is 0 Å². The van der Waals surface area contributed by atoms with Crippen molar-refractivity contribution in [2.45, 2.75) is 25.7 Å². The van der Waals surface area contributed by atoms with Gasteiger partial charge < -0.3 is 4.74 Å². The Bertz CT molecular complexity index is 358. The van der Waals surface area contributed by atoms with Crippen LogP contribution in [0.5, 0.6) is 0 Å². The first-order chi connectivity index (χ1) is 7.72. The average Bonchev–Trinajstić information content (AvgIpc) is 2.71. The average molecular weight is 218 g/mol. The molecule has 0 amide bonds. The van der Waals surface area contributed by atoms with Crippen molar-refractivity contribution in [3.63, 3.8) is 0 Å². The molecule has 0 aliphatic heterocycles. The first kappa shape index (κ1) is 11.2. The van der Waals surface area contributed by atoms with Gasteiger partial charge in [-0.3, -0.25) is 4.79 Å². The van der Waals surface area contributed by atoms with E-state index in [1.807, 2.05) is 6.07 Å². The van der Waals surface area contributed by atoms with Crippen LogP contribution in [0.15, 0.2) is 30.3 Å². The van der Waals surface area contributed by atoms with Crippen molar-refractivity contribution in [2.24, 2.45) is 11.8 Å². The highest BCUT2D eigenvalue weighted by Crippen LogP contribution is 2.42. The van der Waals surface area contributed by atoms with Crippen LogP contribution in [-0.2, 0) is 9.53 Å². The van der Waals surface area contributed by atoms with Gasteiger partial charge in [-0.1, -0.05) is 37.3 Å². The second-order valence-electron chi connectivity index (χ2n) is 4.69. The van der Waals surface area contributed by atoms with Crippen molar-refractivity contribution in [1.29, 1.82) is 0 Å². The number of ether oxygens (including phenoxy) is 1. The van der Waals surface area contributed by atoms with Crippen LogP contribution >= 0.6 is 0 Å². The number of hydrogen-bond donors (Lipinski definition) is 0. The van der Waals surface area contributed by atoms with Crippen LogP contribution in [-0.4, -0.2) is 13.1 Å². The zero-order chi connectivity index (χ0) is 11.5. The van der Waals surface area contributed by atoms with Crippen molar-refractivity contribution < 1.29 is 9.53 Å². The largest absolute Gasteiger partial charge is 0.469 e. The summed E-state index contributed by atoms with van der Waals surface area (Å²) in [4.78, 5) is 11.6. The summed E-state index contributed by atoms with van der Waals surface area (Å²) in [5, 5.41) is 0. The van der Waals surface area contributed by atoms with E-state index in [-0.39, 0.29) is 11.9 Å². The quantitative estimate of drug-likeness (QED) is 0.713. The molecule has 0 spiro atoms. The predicted octanol–water partition coefficient (Wildman–Crippen LogP) is 2.99. The fraction of sp³-hybridized carbons (Fsp3) is 0.500. The summed E-state index contributed by atoms with van der Waals surface area (Å²) in [6, 6.07) is 10.4. The third kappa shape index (κ3) is 2.11. The number of hydrogen-bond acceptors (Lipinski definition) is 2. The summed E-state index contributed by atoms with van der Waals surface area (Å²) >= 11 is 0. The van der Waals surface area contributed by atoms with E-state index in [1.54, 1.807) is 0 Å². The van der Waals surface area contributed by atoms with E-state index in [4.69, 9.17) is 4.74 Å². The Balaban J connectivity index is 2.10. The van der Waals surface area contributed by atoms with Gasteiger partial charge in [0.25, 0.3) is 0 Å². The van der Waals surface area contributed by atoms with Crippen LogP contribution in [0, 0.1) is 11.8 Å². The molecule has 3 atom stereocenters. The highest BCUT2D eigenvalue weighted by atomic mass is 16.5. The number of methoxy groups -OCH3 is 1. The molecule has 1 aliphatic carbocycles. The zero-order valence-electron chi connectivity index (χ0n) is 9.85. The van der Waals surface area contributed by atoms with Crippen LogP contribution in [0.1, 0.15) is 31.2 Å². The molecule has 1 saturated carbocycles. The molecule has 1 aromatic rings. The lowest BCUT2D eigenvalue weighted by molar-refractivity contribution is -0.146. The fourth-order valence-corrected chi connectivity index (χ4v) is 2.73. The van der Waals surface area contributed by atoms with Gasteiger partial charge in [0.2, 0.25) is 0 Å². The minimum absolute atomic E-state index is 0.0501. The lowest BCUT2D eigenvalue weighted by Crippen LogP contribution is -2.18. The van der Waals surface area contributed by atoms with E-state index in [0.717, 1.165) is 12.8 Å². The second-order valence-corrected chi connectivity index (χ2v) is 4.69. The molecule has 86 valence electrons. The van der Waals surface area contributed by atoms with Crippen LogP contribution in [0.4, 0.5) is 0 Å². The fourth-order valence-electron chi connectivity index (χ4n) is 2.73. The molecule has 0 radical (unpaired) electrons. The Labute approximate surface area is 96.6 Å². The molecule has 0 N–H and O–H groups in total. The third-order valence-electron chi connectivity index (χ3n) is 3.66. The van der Waals surface area contributed by atoms with Gasteiger partial charge in [-0.25, -0.2) is 0 Å². The van der Waals surface area contributed by atoms with Crippen LogP contribution in [0.3, 0.4) is 0 Å². The van der Waals surface area contributed by atoms with Gasteiger partial charge in [-0.05, 0) is 30.2 Å². The molecular formula is C14H18O2. The van der Waals surface area contributed by atoms with Crippen molar-refractivity contribution in [1.82, 2.24) is 0 Å². The second kappa shape index (κ2) is 4.69. The topological polar surface area (TPSA) is 26.3 Å². The minimum Gasteiger partial charge on any atom is -0.469 e. The van der Waals surface area contributed by atoms with E-state index in [2.05, 4.69) is 31.2 Å². The van der Waals surface area contributed by atoms with E-state index < -0.39 is 0 Å². The Morgan fingerprint density at radius 1 is 1.25 bits per heavy atom. The minimum atomic E-state index is -0.0501. The van der Waals surface area contributed by atoms with Gasteiger partial charge >= 0.3 is 5.97 Å². The SMILES string of the molecule is COC(=O)C1CC(c2ccccc2)CC1C. The predicted molar refractivity (Wildman–Crippen MR) is 63.1 cm³/mol. The molecule has 2 nitrogen and oxygen atoms in total. The highest BCUT2D eigenvalue weighted by molar-refractivity contribution is 5.73. The number of carbonyl (C=O) groups is 1. The Kier molecular flexibility index (Phi) is 3.28. The Morgan fingerprint density at radius 3 is 2.56 bits per heavy atom. The smallest absolute Gasteiger partial charge is 0.308 e. The molecule has 3 unspecified atom stereocenters. The summed E-state index contributed by atoms with van der Waals surface area (Å²) in [7, 11) is 1.48. The lowest BCUT2D eigenvalue weighted by Gasteiger charge is -2.11. The van der Waals surface area contributed by atoms with Gasteiger partial charge in [0, 0.05) is 0 Å². The first-order valence-corrected chi connectivity index (χ1v) is 5.85. The Morgan fingerprint density at radius 2 is 1.94 bits per heavy atom. The lowest BCUT2D eigenvalue weighted by atomic mass is 9.96. The number of esters is 1. The van der Waals surface area contributed by atoms with E-state index in [9.17, 15) is 4.79 Å². The highest BCUT2D eigenvalue weighted by Gasteiger charge is 2.37. The van der Waals surface area contributed by atoms with Crippen molar-refractivity contribution in [2.75, 3.05) is 7.11 Å². The molecule has 1 aromatic carbocycles. The van der Waals surface area contributed by atoms with Crippen molar-refractivity contribution in [3.05, 3.63) is 35.9 Å². The summed E-state index contributed by atoms with van der Waals surface area (Å²) in [5.41, 5.74) is 1.35. The maximum absolute atomic E-state index is 11.6. The molecule has 1 fully saturated rings. The van der Waals surface area contributed by atoms with Crippen molar-refractivity contribution >= 4 is 5.97 Å². The first-order valence-electron chi connectivity index (χ1n) is 5.85. The van der Waals surface area contributed by atoms with Gasteiger partial charge in [0.1, 0.15) is 0 Å². The molecule has 0 aromatic heterocycles. The summed E-state index contributed by atoms with van der Waals surface area (Å²) < 4.78 is 4.85. The molecule has 0 bridgehead atoms. The molecule has 2 rings (SSSR count). The van der Waals surface area contributed by atoms with E-state index in [0.29, 0.717) is 11.8 Å². The summed E-state index contributed by atoms with van der Waals surface area (Å²) in [6.45, 7) is 2.14. The van der Waals surface area contributed by atoms with Crippen molar-refractivity contribution in [3.8, 4) is 0 Å². The molecular weight excluding hydrogens is 200 g/mol.